The smallest absolute Gasteiger partial charge is 0.259 e. The van der Waals surface area contributed by atoms with Crippen LogP contribution in [0, 0.1) is 23.6 Å². The molecule has 1 aromatic heterocycles. The lowest BCUT2D eigenvalue weighted by atomic mass is 9.99. The highest BCUT2D eigenvalue weighted by atomic mass is 19.1. The first-order chi connectivity index (χ1) is 16.6. The van der Waals surface area contributed by atoms with Crippen LogP contribution in [0.5, 0.6) is 5.88 Å². The van der Waals surface area contributed by atoms with Crippen LogP contribution in [0.4, 0.5) is 4.39 Å². The summed E-state index contributed by atoms with van der Waals surface area (Å²) in [6, 6.07) is 6.83. The van der Waals surface area contributed by atoms with Gasteiger partial charge in [0.05, 0.1) is 24.8 Å². The molecule has 3 rings (SSSR count). The van der Waals surface area contributed by atoms with Crippen LogP contribution < -0.4 is 4.74 Å². The summed E-state index contributed by atoms with van der Waals surface area (Å²) in [7, 11) is 1.56. The van der Waals surface area contributed by atoms with Crippen molar-refractivity contribution in [3.05, 3.63) is 59.0 Å². The molecule has 0 radical (unpaired) electrons. The summed E-state index contributed by atoms with van der Waals surface area (Å²) in [5.74, 6) is 3.76. The Hall–Kier alpha value is -3.48. The van der Waals surface area contributed by atoms with Gasteiger partial charge in [-0.15, -0.1) is 0 Å². The Bertz CT molecular complexity index is 1140. The summed E-state index contributed by atoms with van der Waals surface area (Å²) in [4.78, 5) is 33.5. The van der Waals surface area contributed by atoms with Crippen molar-refractivity contribution < 1.29 is 28.9 Å². The number of carbonyl (C=O) groups excluding carboxylic acids is 2. The number of hydrogen-bond acceptors (Lipinski definition) is 6. The summed E-state index contributed by atoms with van der Waals surface area (Å²) >= 11 is 0. The van der Waals surface area contributed by atoms with Gasteiger partial charge in [-0.25, -0.2) is 9.37 Å². The largest absolute Gasteiger partial charge is 0.472 e. The van der Waals surface area contributed by atoms with Crippen molar-refractivity contribution in [2.24, 2.45) is 5.92 Å². The van der Waals surface area contributed by atoms with E-state index in [2.05, 4.69) is 16.8 Å². The van der Waals surface area contributed by atoms with E-state index in [-0.39, 0.29) is 48.5 Å². The molecule has 9 heteroatoms. The first-order valence-electron chi connectivity index (χ1n) is 11.4. The average Bonchev–Trinajstić information content (AvgIpc) is 2.84. The minimum atomic E-state index is -0.845. The van der Waals surface area contributed by atoms with Crippen LogP contribution in [-0.2, 0) is 0 Å². The highest BCUT2D eigenvalue weighted by Gasteiger charge is 2.35. The standard InChI is InChI=1S/C26H30FN3O5/c1-16-13-30(17(2)15-31)26(34)21-11-19(10-9-18(3)32)12-28-24(21)35-23(16)14-29(4)25(33)20-7-5-6-8-22(20)27/h5-8,11-12,16-18,23,31-32H,13-15H2,1-4H3/t16-,17+,18+,23+/m1/s1. The van der Waals surface area contributed by atoms with Crippen molar-refractivity contribution in [1.82, 2.24) is 14.8 Å². The van der Waals surface area contributed by atoms with Crippen molar-refractivity contribution >= 4 is 11.8 Å². The van der Waals surface area contributed by atoms with E-state index in [1.165, 1.54) is 36.2 Å². The van der Waals surface area contributed by atoms with Crippen LogP contribution in [0.1, 0.15) is 47.1 Å². The van der Waals surface area contributed by atoms with Gasteiger partial charge >= 0.3 is 0 Å². The molecule has 1 aliphatic heterocycles. The first kappa shape index (κ1) is 26.1. The maximum Gasteiger partial charge on any atom is 0.259 e. The number of likely N-dealkylation sites (N-methyl/N-ethyl adjacent to an activating group) is 1. The highest BCUT2D eigenvalue weighted by molar-refractivity contribution is 5.97. The highest BCUT2D eigenvalue weighted by Crippen LogP contribution is 2.27. The van der Waals surface area contributed by atoms with Crippen molar-refractivity contribution in [3.63, 3.8) is 0 Å². The second kappa shape index (κ2) is 11.3. The molecule has 186 valence electrons. The van der Waals surface area contributed by atoms with E-state index in [1.54, 1.807) is 31.0 Å². The quantitative estimate of drug-likeness (QED) is 0.631. The van der Waals surface area contributed by atoms with Crippen LogP contribution in [0.15, 0.2) is 36.5 Å². The van der Waals surface area contributed by atoms with Gasteiger partial charge in [0.1, 0.15) is 23.6 Å². The van der Waals surface area contributed by atoms with Crippen LogP contribution in [0.25, 0.3) is 0 Å². The molecule has 0 saturated heterocycles. The minimum Gasteiger partial charge on any atom is -0.472 e. The lowest BCUT2D eigenvalue weighted by Crippen LogP contribution is -2.50. The Morgan fingerprint density at radius 1 is 1.37 bits per heavy atom. The predicted molar refractivity (Wildman–Crippen MR) is 127 cm³/mol. The molecule has 2 N–H and O–H groups in total. The Balaban J connectivity index is 1.96. The van der Waals surface area contributed by atoms with Crippen LogP contribution >= 0.6 is 0 Å². The van der Waals surface area contributed by atoms with Crippen molar-refractivity contribution in [1.29, 1.82) is 0 Å². The SMILES string of the molecule is C[C@H](O)C#Cc1cnc2c(c1)C(=O)N([C@@H](C)CO)C[C@@H](C)[C@H](CN(C)C(=O)c1ccccc1F)O2. The molecule has 1 aliphatic rings. The van der Waals surface area contributed by atoms with Gasteiger partial charge in [-0.05, 0) is 32.0 Å². The van der Waals surface area contributed by atoms with E-state index in [0.717, 1.165) is 0 Å². The number of nitrogens with zero attached hydrogens (tertiary/aromatic N) is 3. The zero-order chi connectivity index (χ0) is 25.7. The number of aliphatic hydroxyl groups excluding tert-OH is 2. The Morgan fingerprint density at radius 3 is 2.74 bits per heavy atom. The maximum atomic E-state index is 14.2. The number of hydrogen-bond donors (Lipinski definition) is 2. The molecule has 2 aromatic rings. The van der Waals surface area contributed by atoms with Gasteiger partial charge in [-0.2, -0.15) is 0 Å². The molecule has 0 aliphatic carbocycles. The number of pyridine rings is 1. The Kier molecular flexibility index (Phi) is 8.43. The number of aliphatic hydroxyl groups is 2. The molecule has 35 heavy (non-hydrogen) atoms. The lowest BCUT2D eigenvalue weighted by Gasteiger charge is -2.37. The number of halogens is 1. The van der Waals surface area contributed by atoms with Crippen LogP contribution in [0.3, 0.4) is 0 Å². The van der Waals surface area contributed by atoms with Crippen molar-refractivity contribution in [2.75, 3.05) is 26.7 Å². The van der Waals surface area contributed by atoms with Crippen LogP contribution in [0.2, 0.25) is 0 Å². The lowest BCUT2D eigenvalue weighted by molar-refractivity contribution is 0.0312. The normalized spacial score (nSPS) is 19.3. The Labute approximate surface area is 204 Å². The number of aromatic nitrogens is 1. The maximum absolute atomic E-state index is 14.2. The number of benzene rings is 1. The molecule has 0 bridgehead atoms. The monoisotopic (exact) mass is 483 g/mol. The van der Waals surface area contributed by atoms with Crippen LogP contribution in [-0.4, -0.2) is 81.8 Å². The summed E-state index contributed by atoms with van der Waals surface area (Å²) in [5, 5.41) is 19.2. The van der Waals surface area contributed by atoms with E-state index in [9.17, 15) is 24.2 Å². The molecule has 0 fully saturated rings. The second-order valence-corrected chi connectivity index (χ2v) is 8.81. The summed E-state index contributed by atoms with van der Waals surface area (Å²) in [6.07, 6.45) is 0.0271. The molecule has 2 heterocycles. The van der Waals surface area contributed by atoms with Gasteiger partial charge in [0.25, 0.3) is 11.8 Å². The molecule has 1 aromatic carbocycles. The number of fused-ring (bicyclic) bond motifs is 1. The summed E-state index contributed by atoms with van der Waals surface area (Å²) < 4.78 is 20.3. The van der Waals surface area contributed by atoms with Gasteiger partial charge in [0.2, 0.25) is 5.88 Å². The third kappa shape index (κ3) is 6.15. The van der Waals surface area contributed by atoms with E-state index in [1.807, 2.05) is 6.92 Å². The number of carbonyl (C=O) groups is 2. The summed E-state index contributed by atoms with van der Waals surface area (Å²) in [6.45, 7) is 5.28. The fourth-order valence-electron chi connectivity index (χ4n) is 3.77. The number of ether oxygens (including phenoxy) is 1. The zero-order valence-corrected chi connectivity index (χ0v) is 20.2. The third-order valence-corrected chi connectivity index (χ3v) is 5.85. The van der Waals surface area contributed by atoms with Crippen molar-refractivity contribution in [2.45, 2.75) is 39.0 Å². The molecule has 2 amide bonds. The molecule has 4 atom stereocenters. The molecular formula is C26H30FN3O5. The van der Waals surface area contributed by atoms with Gasteiger partial charge < -0.3 is 24.7 Å². The van der Waals surface area contributed by atoms with E-state index >= 15 is 0 Å². The van der Waals surface area contributed by atoms with E-state index in [0.29, 0.717) is 5.56 Å². The molecule has 0 saturated carbocycles. The van der Waals surface area contributed by atoms with E-state index < -0.39 is 30.0 Å². The zero-order valence-electron chi connectivity index (χ0n) is 20.2. The van der Waals surface area contributed by atoms with Crippen molar-refractivity contribution in [3.8, 4) is 17.7 Å². The molecule has 0 spiro atoms. The predicted octanol–water partition coefficient (Wildman–Crippen LogP) is 1.95. The Morgan fingerprint density at radius 2 is 2.09 bits per heavy atom. The van der Waals surface area contributed by atoms with Gasteiger partial charge in [0, 0.05) is 31.3 Å². The van der Waals surface area contributed by atoms with Gasteiger partial charge in [-0.1, -0.05) is 30.9 Å². The third-order valence-electron chi connectivity index (χ3n) is 5.85. The average molecular weight is 484 g/mol. The fraction of sp³-hybridized carbons (Fsp3) is 0.423. The van der Waals surface area contributed by atoms with Gasteiger partial charge in [0.15, 0.2) is 0 Å². The summed E-state index contributed by atoms with van der Waals surface area (Å²) in [5.41, 5.74) is 0.553. The second-order valence-electron chi connectivity index (χ2n) is 8.81. The fourth-order valence-corrected chi connectivity index (χ4v) is 3.77. The molecular weight excluding hydrogens is 453 g/mol. The number of amides is 2. The topological polar surface area (TPSA) is 103 Å². The minimum absolute atomic E-state index is 0.0425. The first-order valence-corrected chi connectivity index (χ1v) is 11.4. The number of rotatable bonds is 5. The van der Waals surface area contributed by atoms with E-state index in [4.69, 9.17) is 4.74 Å². The molecule has 8 nitrogen and oxygen atoms in total. The van der Waals surface area contributed by atoms with Gasteiger partial charge in [-0.3, -0.25) is 9.59 Å². The molecule has 0 unspecified atom stereocenters.